The number of rotatable bonds is 25. The molecule has 0 aliphatic carbocycles. The minimum Gasteiger partial charge on any atom is -0.368 e. The van der Waals surface area contributed by atoms with Gasteiger partial charge in [0.1, 0.15) is 36.3 Å². The molecule has 13 N–H and O–H groups in total. The molecule has 0 spiro atoms. The first-order valence-electron chi connectivity index (χ1n) is 23.8. The molecule has 0 unspecified atom stereocenters. The van der Waals surface area contributed by atoms with Crippen LogP contribution in [0, 0.1) is 11.8 Å². The van der Waals surface area contributed by atoms with E-state index in [1.165, 1.54) is 11.8 Å². The summed E-state index contributed by atoms with van der Waals surface area (Å²) in [4.78, 5) is 131. The molecule has 0 aromatic heterocycles. The number of urea groups is 2. The van der Waals surface area contributed by atoms with Crippen LogP contribution >= 0.6 is 0 Å². The lowest BCUT2D eigenvalue weighted by atomic mass is 9.98. The number of amides is 12. The molecule has 2 aromatic rings. The van der Waals surface area contributed by atoms with Crippen LogP contribution in [0.3, 0.4) is 0 Å². The topological polar surface area (TPSA) is 334 Å². The van der Waals surface area contributed by atoms with E-state index in [9.17, 15) is 47.9 Å². The Morgan fingerprint density at radius 3 is 1.87 bits per heavy atom. The van der Waals surface area contributed by atoms with Gasteiger partial charge in [0.05, 0.1) is 6.42 Å². The number of carbonyl (C=O) groups excluding carboxylic acids is 10. The molecule has 0 bridgehead atoms. The number of unbranched alkanes of at least 4 members (excludes halogenated alkanes) is 1. The van der Waals surface area contributed by atoms with Crippen LogP contribution in [-0.2, 0) is 51.2 Å². The van der Waals surface area contributed by atoms with Crippen molar-refractivity contribution in [1.29, 1.82) is 0 Å². The molecule has 382 valence electrons. The predicted molar refractivity (Wildman–Crippen MR) is 260 cm³/mol. The van der Waals surface area contributed by atoms with Gasteiger partial charge in [0.2, 0.25) is 47.3 Å². The van der Waals surface area contributed by atoms with Crippen molar-refractivity contribution in [3.8, 4) is 0 Å². The Morgan fingerprint density at radius 1 is 0.700 bits per heavy atom. The van der Waals surface area contributed by atoms with Crippen LogP contribution in [0.2, 0.25) is 0 Å². The maximum absolute atomic E-state index is 14.4. The summed E-state index contributed by atoms with van der Waals surface area (Å²) in [5, 5.41) is 24.1. The van der Waals surface area contributed by atoms with Crippen molar-refractivity contribution in [3.05, 3.63) is 59.7 Å². The van der Waals surface area contributed by atoms with Gasteiger partial charge in [-0.2, -0.15) is 0 Å². The van der Waals surface area contributed by atoms with Gasteiger partial charge in [-0.1, -0.05) is 58.9 Å². The quantitative estimate of drug-likeness (QED) is 0.0618. The van der Waals surface area contributed by atoms with E-state index in [1.54, 1.807) is 55.5 Å². The number of nitrogens with two attached hydrogens (primary N) is 2. The van der Waals surface area contributed by atoms with Gasteiger partial charge in [-0.3, -0.25) is 43.7 Å². The van der Waals surface area contributed by atoms with Crippen molar-refractivity contribution in [2.24, 2.45) is 23.3 Å². The lowest BCUT2D eigenvalue weighted by Gasteiger charge is -2.31. The minimum atomic E-state index is -1.20. The van der Waals surface area contributed by atoms with Gasteiger partial charge in [0.15, 0.2) is 0 Å². The maximum Gasteiger partial charge on any atom is 0.322 e. The van der Waals surface area contributed by atoms with E-state index in [0.29, 0.717) is 49.2 Å². The third kappa shape index (κ3) is 17.8. The summed E-state index contributed by atoms with van der Waals surface area (Å²) >= 11 is 0. The summed E-state index contributed by atoms with van der Waals surface area (Å²) in [6, 6.07) is 5.55. The Morgan fingerprint density at radius 2 is 1.29 bits per heavy atom. The molecule has 2 saturated heterocycles. The van der Waals surface area contributed by atoms with Gasteiger partial charge in [0, 0.05) is 36.3 Å². The van der Waals surface area contributed by atoms with Gasteiger partial charge in [-0.05, 0) is 99.7 Å². The van der Waals surface area contributed by atoms with Crippen molar-refractivity contribution < 1.29 is 47.9 Å². The van der Waals surface area contributed by atoms with Crippen LogP contribution in [0.15, 0.2) is 48.5 Å². The molecule has 22 heteroatoms. The van der Waals surface area contributed by atoms with Gasteiger partial charge < -0.3 is 58.9 Å². The van der Waals surface area contributed by atoms with Crippen molar-refractivity contribution in [1.82, 2.24) is 42.1 Å². The monoisotopic (exact) mass is 975 g/mol. The highest BCUT2D eigenvalue weighted by atomic mass is 16.2. The smallest absolute Gasteiger partial charge is 0.322 e. The number of benzene rings is 2. The zero-order valence-corrected chi connectivity index (χ0v) is 40.8. The number of likely N-dealkylation sites (tertiary alicyclic amines) is 1. The zero-order chi connectivity index (χ0) is 51.7. The second-order valence-corrected chi connectivity index (χ2v) is 18.7. The first-order chi connectivity index (χ1) is 33.1. The molecular formula is C48H70N12O10. The zero-order valence-electron chi connectivity index (χ0n) is 40.8. The highest BCUT2D eigenvalue weighted by Crippen LogP contribution is 2.21. The molecule has 2 aliphatic rings. The first kappa shape index (κ1) is 55.5. The fourth-order valence-electron chi connectivity index (χ4n) is 8.04. The summed E-state index contributed by atoms with van der Waals surface area (Å²) in [6.07, 6.45) is 2.51. The molecule has 2 fully saturated rings. The Balaban J connectivity index is 1.52. The van der Waals surface area contributed by atoms with E-state index >= 15 is 0 Å². The van der Waals surface area contributed by atoms with Crippen molar-refractivity contribution >= 4 is 70.7 Å². The lowest BCUT2D eigenvalue weighted by molar-refractivity contribution is -0.142. The molecule has 0 saturated carbocycles. The summed E-state index contributed by atoms with van der Waals surface area (Å²) in [5.74, 6) is -5.45. The number of nitrogens with zero attached hydrogens (tertiary/aromatic N) is 1. The number of hydrogen-bond donors (Lipinski definition) is 11. The molecule has 12 amide bonds. The van der Waals surface area contributed by atoms with Crippen LogP contribution in [0.5, 0.6) is 0 Å². The summed E-state index contributed by atoms with van der Waals surface area (Å²) < 4.78 is 0. The molecular weight excluding hydrogens is 905 g/mol. The van der Waals surface area contributed by atoms with E-state index in [4.69, 9.17) is 11.5 Å². The van der Waals surface area contributed by atoms with Gasteiger partial charge in [-0.15, -0.1) is 0 Å². The molecule has 7 atom stereocenters. The van der Waals surface area contributed by atoms with Gasteiger partial charge >= 0.3 is 12.1 Å². The molecule has 2 aromatic carbocycles. The summed E-state index contributed by atoms with van der Waals surface area (Å²) in [6.45, 7) is 11.8. The van der Waals surface area contributed by atoms with Crippen LogP contribution in [-0.4, -0.2) is 120 Å². The highest BCUT2D eigenvalue weighted by Gasteiger charge is 2.39. The van der Waals surface area contributed by atoms with Crippen LogP contribution < -0.4 is 59.3 Å². The Hall–Kier alpha value is -7.10. The van der Waals surface area contributed by atoms with Crippen molar-refractivity contribution in [2.75, 3.05) is 23.7 Å². The molecule has 70 heavy (non-hydrogen) atoms. The number of anilines is 2. The van der Waals surface area contributed by atoms with E-state index in [1.807, 2.05) is 27.7 Å². The number of carbonyl (C=O) groups is 10. The van der Waals surface area contributed by atoms with Crippen molar-refractivity contribution in [3.63, 3.8) is 0 Å². The third-order valence-corrected chi connectivity index (χ3v) is 11.8. The molecule has 22 nitrogen and oxygen atoms in total. The highest BCUT2D eigenvalue weighted by molar-refractivity contribution is 6.06. The number of imide groups is 1. The molecule has 0 radical (unpaired) electrons. The average molecular weight is 975 g/mol. The lowest BCUT2D eigenvalue weighted by Crippen LogP contribution is -2.59. The van der Waals surface area contributed by atoms with E-state index < -0.39 is 101 Å². The molecule has 2 aliphatic heterocycles. The largest absolute Gasteiger partial charge is 0.368 e. The van der Waals surface area contributed by atoms with Crippen LogP contribution in [0.4, 0.5) is 21.0 Å². The molecule has 2 heterocycles. The Kier molecular flexibility index (Phi) is 21.1. The second kappa shape index (κ2) is 26.6. The first-order valence-corrected chi connectivity index (χ1v) is 23.8. The third-order valence-electron chi connectivity index (χ3n) is 11.8. The molecule has 4 rings (SSSR count). The van der Waals surface area contributed by atoms with E-state index in [-0.39, 0.29) is 50.6 Å². The van der Waals surface area contributed by atoms with Crippen LogP contribution in [0.1, 0.15) is 97.6 Å². The predicted octanol–water partition coefficient (Wildman–Crippen LogP) is 0.785. The summed E-state index contributed by atoms with van der Waals surface area (Å²) in [7, 11) is 0. The standard InChI is InChI=1S/C48H70N12O10/c1-26(2)22-35(43(65)55-34(10-7-8-20-51-27(3)4)46(68)60-21-9-11-38(60)45(67)52-29(6)40(49)62)57-44(66)36(24-31-14-18-33(19-15-31)54-47(50)69)56-41(63)28(5)23-30-12-16-32(17-13-30)53-42(64)37-25-39(61)59-48(70)58-37/h12-19,26-29,34-38,51H,7-11,20-25H2,1-6H3,(H2,49,62)(H,52,67)(H,53,64)(H,55,65)(H,56,63)(H,57,66)(H3,50,54,69)(H2,58,59,61,70)/t28-,29+,34-,35-,36+,37-,38-/m0/s1. The fourth-order valence-corrected chi connectivity index (χ4v) is 8.04. The SMILES string of the molecule is CC(C)C[C@H](NC(=O)[C@@H](Cc1ccc(NC(N)=O)cc1)NC(=O)[C@@H](C)Cc1ccc(NC(=O)[C@@H]2CC(=O)NC(=O)N2)cc1)C(=O)N[C@@H](CCCCNC(C)C)C(=O)N1CCC[C@H]1C(=O)N[C@H](C)C(N)=O. The number of primary amides is 2. The Bertz CT molecular complexity index is 2190. The van der Waals surface area contributed by atoms with Gasteiger partial charge in [-0.25, -0.2) is 9.59 Å². The van der Waals surface area contributed by atoms with E-state index in [0.717, 1.165) is 5.56 Å². The number of hydrogen-bond acceptors (Lipinski definition) is 11. The van der Waals surface area contributed by atoms with E-state index in [2.05, 4.69) is 47.9 Å². The number of nitrogens with one attached hydrogen (secondary N) is 9. The van der Waals surface area contributed by atoms with Crippen molar-refractivity contribution in [2.45, 2.75) is 142 Å². The second-order valence-electron chi connectivity index (χ2n) is 18.7. The minimum absolute atomic E-state index is 0.0209. The Labute approximate surface area is 408 Å². The van der Waals surface area contributed by atoms with Crippen LogP contribution in [0.25, 0.3) is 0 Å². The maximum atomic E-state index is 14.4. The summed E-state index contributed by atoms with van der Waals surface area (Å²) in [5.41, 5.74) is 12.8. The average Bonchev–Trinajstić information content (AvgIpc) is 3.79. The fraction of sp³-hybridized carbons (Fsp3) is 0.542. The normalized spacial score (nSPS) is 17.7. The van der Waals surface area contributed by atoms with Gasteiger partial charge in [0.25, 0.3) is 0 Å².